The van der Waals surface area contributed by atoms with Crippen LogP contribution in [0.4, 0.5) is 0 Å². The number of ether oxygens (including phenoxy) is 1. The molecule has 1 rings (SSSR count). The smallest absolute Gasteiger partial charge is 0.0702 e. The van der Waals surface area contributed by atoms with Gasteiger partial charge in [-0.15, -0.1) is 0 Å². The SMILES string of the molecule is NC[C@H]1CC[C@H](CN)O1. The molecule has 0 unspecified atom stereocenters. The molecule has 0 bridgehead atoms. The van der Waals surface area contributed by atoms with E-state index in [1.54, 1.807) is 0 Å². The molecule has 1 aliphatic rings. The largest absolute Gasteiger partial charge is 0.372 e. The molecule has 0 aliphatic carbocycles. The van der Waals surface area contributed by atoms with Crippen molar-refractivity contribution >= 4 is 0 Å². The summed E-state index contributed by atoms with van der Waals surface area (Å²) in [6.45, 7) is 1.27. The number of rotatable bonds is 2. The van der Waals surface area contributed by atoms with Crippen molar-refractivity contribution in [3.05, 3.63) is 0 Å². The van der Waals surface area contributed by atoms with Gasteiger partial charge in [-0.25, -0.2) is 0 Å². The lowest BCUT2D eigenvalue weighted by atomic mass is 10.2. The van der Waals surface area contributed by atoms with E-state index in [1.165, 1.54) is 0 Å². The normalized spacial score (nSPS) is 35.3. The van der Waals surface area contributed by atoms with Crippen molar-refractivity contribution in [2.75, 3.05) is 13.1 Å². The molecule has 3 heteroatoms. The molecular weight excluding hydrogens is 116 g/mol. The van der Waals surface area contributed by atoms with Crippen LogP contribution in [-0.4, -0.2) is 25.3 Å². The second kappa shape index (κ2) is 3.15. The van der Waals surface area contributed by atoms with Crippen LogP contribution in [0.25, 0.3) is 0 Å². The van der Waals surface area contributed by atoms with Crippen LogP contribution in [0.5, 0.6) is 0 Å². The maximum atomic E-state index is 5.41. The van der Waals surface area contributed by atoms with Crippen molar-refractivity contribution in [1.82, 2.24) is 0 Å². The summed E-state index contributed by atoms with van der Waals surface area (Å²) < 4.78 is 5.41. The number of hydrogen-bond donors (Lipinski definition) is 2. The van der Waals surface area contributed by atoms with E-state index >= 15 is 0 Å². The van der Waals surface area contributed by atoms with Crippen LogP contribution in [0.3, 0.4) is 0 Å². The maximum Gasteiger partial charge on any atom is 0.0702 e. The van der Waals surface area contributed by atoms with Gasteiger partial charge in [-0.1, -0.05) is 0 Å². The Bertz CT molecular complexity index is 77.1. The minimum Gasteiger partial charge on any atom is -0.372 e. The van der Waals surface area contributed by atoms with Crippen molar-refractivity contribution in [2.45, 2.75) is 25.0 Å². The summed E-state index contributed by atoms with van der Waals surface area (Å²) >= 11 is 0. The lowest BCUT2D eigenvalue weighted by Gasteiger charge is -2.08. The first-order chi connectivity index (χ1) is 4.36. The Morgan fingerprint density at radius 3 is 1.78 bits per heavy atom. The van der Waals surface area contributed by atoms with Crippen molar-refractivity contribution in [2.24, 2.45) is 11.5 Å². The van der Waals surface area contributed by atoms with Crippen LogP contribution < -0.4 is 11.5 Å². The van der Waals surface area contributed by atoms with E-state index in [2.05, 4.69) is 0 Å². The molecule has 9 heavy (non-hydrogen) atoms. The van der Waals surface area contributed by atoms with Gasteiger partial charge in [0, 0.05) is 13.1 Å². The number of hydrogen-bond acceptors (Lipinski definition) is 3. The molecule has 1 aliphatic heterocycles. The summed E-state index contributed by atoms with van der Waals surface area (Å²) in [6, 6.07) is 0. The van der Waals surface area contributed by atoms with E-state index in [0.29, 0.717) is 13.1 Å². The first-order valence-electron chi connectivity index (χ1n) is 3.42. The molecule has 4 N–H and O–H groups in total. The first-order valence-corrected chi connectivity index (χ1v) is 3.42. The average Bonchev–Trinajstić information content (AvgIpc) is 2.34. The standard InChI is InChI=1S/C6H14N2O/c7-3-5-1-2-6(4-8)9-5/h5-6H,1-4,7-8H2/t5-,6-/m1/s1. The minimum atomic E-state index is 0.276. The fourth-order valence-electron chi connectivity index (χ4n) is 1.13. The van der Waals surface area contributed by atoms with Gasteiger partial charge in [0.25, 0.3) is 0 Å². The molecule has 3 nitrogen and oxygen atoms in total. The van der Waals surface area contributed by atoms with Gasteiger partial charge >= 0.3 is 0 Å². The van der Waals surface area contributed by atoms with Crippen LogP contribution in [0.2, 0.25) is 0 Å². The van der Waals surface area contributed by atoms with E-state index in [0.717, 1.165) is 12.8 Å². The molecule has 0 aromatic rings. The fourth-order valence-corrected chi connectivity index (χ4v) is 1.13. The van der Waals surface area contributed by atoms with Crippen molar-refractivity contribution < 1.29 is 4.74 Å². The van der Waals surface area contributed by atoms with Gasteiger partial charge in [0.05, 0.1) is 12.2 Å². The highest BCUT2D eigenvalue weighted by atomic mass is 16.5. The van der Waals surface area contributed by atoms with Gasteiger partial charge in [0.2, 0.25) is 0 Å². The van der Waals surface area contributed by atoms with Crippen LogP contribution in [-0.2, 0) is 4.74 Å². The van der Waals surface area contributed by atoms with Crippen LogP contribution in [0.15, 0.2) is 0 Å². The lowest BCUT2D eigenvalue weighted by Crippen LogP contribution is -2.24. The van der Waals surface area contributed by atoms with Crippen LogP contribution in [0.1, 0.15) is 12.8 Å². The maximum absolute atomic E-state index is 5.41. The van der Waals surface area contributed by atoms with E-state index in [-0.39, 0.29) is 12.2 Å². The summed E-state index contributed by atoms with van der Waals surface area (Å²) in [5, 5.41) is 0. The summed E-state index contributed by atoms with van der Waals surface area (Å²) in [4.78, 5) is 0. The topological polar surface area (TPSA) is 61.3 Å². The summed E-state index contributed by atoms with van der Waals surface area (Å²) in [5.74, 6) is 0. The van der Waals surface area contributed by atoms with E-state index in [9.17, 15) is 0 Å². The Morgan fingerprint density at radius 2 is 1.56 bits per heavy atom. The van der Waals surface area contributed by atoms with Crippen molar-refractivity contribution in [3.8, 4) is 0 Å². The van der Waals surface area contributed by atoms with Gasteiger partial charge in [-0.3, -0.25) is 0 Å². The predicted octanol–water partition coefficient (Wildman–Crippen LogP) is -0.549. The molecule has 0 radical (unpaired) electrons. The van der Waals surface area contributed by atoms with Gasteiger partial charge in [-0.2, -0.15) is 0 Å². The summed E-state index contributed by atoms with van der Waals surface area (Å²) in [7, 11) is 0. The molecule has 2 atom stereocenters. The highest BCUT2D eigenvalue weighted by Crippen LogP contribution is 2.17. The quantitative estimate of drug-likeness (QED) is 0.527. The van der Waals surface area contributed by atoms with Gasteiger partial charge in [0.1, 0.15) is 0 Å². The monoisotopic (exact) mass is 130 g/mol. The van der Waals surface area contributed by atoms with Crippen LogP contribution in [0, 0.1) is 0 Å². The summed E-state index contributed by atoms with van der Waals surface area (Å²) in [5.41, 5.74) is 10.8. The van der Waals surface area contributed by atoms with E-state index < -0.39 is 0 Å². The van der Waals surface area contributed by atoms with Crippen molar-refractivity contribution in [3.63, 3.8) is 0 Å². The molecule has 0 aromatic carbocycles. The second-order valence-electron chi connectivity index (χ2n) is 2.43. The highest BCUT2D eigenvalue weighted by molar-refractivity contribution is 4.74. The third-order valence-corrected chi connectivity index (χ3v) is 1.72. The zero-order valence-electron chi connectivity index (χ0n) is 5.55. The molecule has 1 saturated heterocycles. The van der Waals surface area contributed by atoms with Gasteiger partial charge < -0.3 is 16.2 Å². The molecular formula is C6H14N2O. The third kappa shape index (κ3) is 1.64. The Balaban J connectivity index is 2.20. The molecule has 1 heterocycles. The minimum absolute atomic E-state index is 0.276. The van der Waals surface area contributed by atoms with Crippen molar-refractivity contribution in [1.29, 1.82) is 0 Å². The fraction of sp³-hybridized carbons (Fsp3) is 1.00. The Labute approximate surface area is 55.4 Å². The lowest BCUT2D eigenvalue weighted by molar-refractivity contribution is 0.0555. The van der Waals surface area contributed by atoms with Gasteiger partial charge in [0.15, 0.2) is 0 Å². The molecule has 0 saturated carbocycles. The van der Waals surface area contributed by atoms with Gasteiger partial charge in [-0.05, 0) is 12.8 Å². The van der Waals surface area contributed by atoms with E-state index in [4.69, 9.17) is 16.2 Å². The third-order valence-electron chi connectivity index (χ3n) is 1.72. The first kappa shape index (κ1) is 6.99. The van der Waals surface area contributed by atoms with Crippen LogP contribution >= 0.6 is 0 Å². The molecule has 1 fully saturated rings. The Hall–Kier alpha value is -0.120. The Kier molecular flexibility index (Phi) is 2.45. The zero-order valence-corrected chi connectivity index (χ0v) is 5.55. The second-order valence-corrected chi connectivity index (χ2v) is 2.43. The van der Waals surface area contributed by atoms with E-state index in [1.807, 2.05) is 0 Å². The Morgan fingerprint density at radius 1 is 1.11 bits per heavy atom. The predicted molar refractivity (Wildman–Crippen MR) is 36.0 cm³/mol. The highest BCUT2D eigenvalue weighted by Gasteiger charge is 2.22. The molecule has 0 aromatic heterocycles. The molecule has 54 valence electrons. The summed E-state index contributed by atoms with van der Waals surface area (Å²) in [6.07, 6.45) is 2.72. The molecule has 0 spiro atoms. The average molecular weight is 130 g/mol. The zero-order chi connectivity index (χ0) is 6.69. The number of nitrogens with two attached hydrogens (primary N) is 2. The molecule has 0 amide bonds.